The van der Waals surface area contributed by atoms with Crippen LogP contribution >= 0.6 is 11.6 Å². The van der Waals surface area contributed by atoms with Gasteiger partial charge in [0.05, 0.1) is 13.0 Å². The van der Waals surface area contributed by atoms with E-state index in [-0.39, 0.29) is 12.4 Å². The molecule has 0 bridgehead atoms. The number of nitrogens with one attached hydrogen (secondary N) is 1. The van der Waals surface area contributed by atoms with E-state index in [2.05, 4.69) is 16.0 Å². The Bertz CT molecular complexity index is 620. The van der Waals surface area contributed by atoms with Crippen molar-refractivity contribution in [3.63, 3.8) is 0 Å². The first-order valence-corrected chi connectivity index (χ1v) is 6.98. The molecule has 2 rings (SSSR count). The third-order valence-electron chi connectivity index (χ3n) is 3.03. The number of halogens is 1. The summed E-state index contributed by atoms with van der Waals surface area (Å²) in [4.78, 5) is 17.1. The first kappa shape index (κ1) is 14.9. The Balaban J connectivity index is 2.38. The number of hydrogen-bond acceptors (Lipinski definition) is 3. The molecular weight excluding hydrogens is 276 g/mol. The van der Waals surface area contributed by atoms with E-state index in [0.29, 0.717) is 11.6 Å². The zero-order valence-electron chi connectivity index (χ0n) is 12.0. The highest BCUT2D eigenvalue weighted by Gasteiger charge is 2.14. The Kier molecular flexibility index (Phi) is 4.68. The highest BCUT2D eigenvalue weighted by molar-refractivity contribution is 6.32. The number of H-pyrrole nitrogens is 1. The van der Waals surface area contributed by atoms with Crippen molar-refractivity contribution < 1.29 is 9.53 Å². The van der Waals surface area contributed by atoms with E-state index in [4.69, 9.17) is 16.3 Å². The number of nitrogens with zero attached hydrogens (tertiary/aromatic N) is 1. The van der Waals surface area contributed by atoms with Crippen LogP contribution in [0.4, 0.5) is 0 Å². The molecule has 0 radical (unpaired) electrons. The van der Waals surface area contributed by atoms with Gasteiger partial charge in [-0.15, -0.1) is 0 Å². The number of rotatable bonds is 5. The summed E-state index contributed by atoms with van der Waals surface area (Å²) in [5.41, 5.74) is 2.91. The topological polar surface area (TPSA) is 45.3 Å². The first-order valence-electron chi connectivity index (χ1n) is 6.60. The van der Waals surface area contributed by atoms with Crippen molar-refractivity contribution in [1.29, 1.82) is 0 Å². The highest BCUT2D eigenvalue weighted by Crippen LogP contribution is 2.28. The second-order valence-electron chi connectivity index (χ2n) is 5.00. The predicted octanol–water partition coefficient (Wildman–Crippen LogP) is 2.99. The van der Waals surface area contributed by atoms with Gasteiger partial charge in [0.2, 0.25) is 0 Å². The maximum atomic E-state index is 11.7. The number of benzene rings is 1. The lowest BCUT2D eigenvalue weighted by atomic mass is 10.1. The summed E-state index contributed by atoms with van der Waals surface area (Å²) in [5.74, 6) is -0.253. The second kappa shape index (κ2) is 6.29. The van der Waals surface area contributed by atoms with Crippen molar-refractivity contribution in [3.8, 4) is 0 Å². The fourth-order valence-corrected chi connectivity index (χ4v) is 2.49. The minimum atomic E-state index is -0.253. The SMILES string of the molecule is CCOC(=O)Cc1c(Cl)ccc2[nH]c(CN(C)C)cc12. The summed E-state index contributed by atoms with van der Waals surface area (Å²) in [6, 6.07) is 5.80. The fraction of sp³-hybridized carbons (Fsp3) is 0.400. The third-order valence-corrected chi connectivity index (χ3v) is 3.38. The number of esters is 1. The molecular formula is C15H19ClN2O2. The van der Waals surface area contributed by atoms with Crippen LogP contribution in [0, 0.1) is 0 Å². The van der Waals surface area contributed by atoms with Gasteiger partial charge in [-0.25, -0.2) is 0 Å². The number of aromatic amines is 1. The molecule has 1 N–H and O–H groups in total. The van der Waals surface area contributed by atoms with E-state index in [9.17, 15) is 4.79 Å². The van der Waals surface area contributed by atoms with Crippen molar-refractivity contribution in [2.45, 2.75) is 19.9 Å². The average Bonchev–Trinajstić information content (AvgIpc) is 2.75. The van der Waals surface area contributed by atoms with Gasteiger partial charge in [0.1, 0.15) is 0 Å². The van der Waals surface area contributed by atoms with E-state index in [1.54, 1.807) is 6.92 Å². The number of ether oxygens (including phenoxy) is 1. The van der Waals surface area contributed by atoms with Gasteiger partial charge in [-0.05, 0) is 44.8 Å². The average molecular weight is 295 g/mol. The molecule has 0 aliphatic rings. The van der Waals surface area contributed by atoms with Crippen molar-refractivity contribution in [1.82, 2.24) is 9.88 Å². The van der Waals surface area contributed by atoms with Crippen molar-refractivity contribution >= 4 is 28.5 Å². The molecule has 0 amide bonds. The normalized spacial score (nSPS) is 11.2. The van der Waals surface area contributed by atoms with E-state index in [1.807, 2.05) is 26.2 Å². The zero-order valence-corrected chi connectivity index (χ0v) is 12.8. The Morgan fingerprint density at radius 3 is 2.80 bits per heavy atom. The van der Waals surface area contributed by atoms with Gasteiger partial charge in [-0.1, -0.05) is 11.6 Å². The molecule has 4 nitrogen and oxygen atoms in total. The Morgan fingerprint density at radius 2 is 2.15 bits per heavy atom. The second-order valence-corrected chi connectivity index (χ2v) is 5.41. The highest BCUT2D eigenvalue weighted by atomic mass is 35.5. The van der Waals surface area contributed by atoms with Gasteiger partial charge in [0.25, 0.3) is 0 Å². The molecule has 0 spiro atoms. The van der Waals surface area contributed by atoms with Crippen LogP contribution in [-0.2, 0) is 22.5 Å². The molecule has 1 aromatic heterocycles. The molecule has 0 aliphatic carbocycles. The molecule has 108 valence electrons. The number of hydrogen-bond donors (Lipinski definition) is 1. The van der Waals surface area contributed by atoms with E-state index in [1.165, 1.54) is 0 Å². The molecule has 20 heavy (non-hydrogen) atoms. The maximum Gasteiger partial charge on any atom is 0.310 e. The van der Waals surface area contributed by atoms with Gasteiger partial charge < -0.3 is 14.6 Å². The van der Waals surface area contributed by atoms with Crippen LogP contribution in [0.3, 0.4) is 0 Å². The molecule has 0 unspecified atom stereocenters. The molecule has 1 heterocycles. The van der Waals surface area contributed by atoms with E-state index < -0.39 is 0 Å². The third kappa shape index (κ3) is 3.32. The molecule has 0 atom stereocenters. The number of carbonyl (C=O) groups is 1. The Labute approximate surface area is 123 Å². The Hall–Kier alpha value is -1.52. The van der Waals surface area contributed by atoms with Gasteiger partial charge in [-0.2, -0.15) is 0 Å². The van der Waals surface area contributed by atoms with E-state index in [0.717, 1.165) is 28.7 Å². The van der Waals surface area contributed by atoms with Gasteiger partial charge in [-0.3, -0.25) is 4.79 Å². The van der Waals surface area contributed by atoms with Gasteiger partial charge in [0.15, 0.2) is 0 Å². The summed E-state index contributed by atoms with van der Waals surface area (Å²) in [5, 5.41) is 1.59. The molecule has 0 aliphatic heterocycles. The molecule has 2 aromatic rings. The van der Waals surface area contributed by atoms with Crippen LogP contribution in [0.5, 0.6) is 0 Å². The summed E-state index contributed by atoms with van der Waals surface area (Å²) >= 11 is 6.23. The number of carbonyl (C=O) groups excluding carboxylic acids is 1. The summed E-state index contributed by atoms with van der Waals surface area (Å²) in [7, 11) is 4.02. The van der Waals surface area contributed by atoms with Crippen LogP contribution < -0.4 is 0 Å². The fourth-order valence-electron chi connectivity index (χ4n) is 2.26. The molecule has 0 fully saturated rings. The van der Waals surface area contributed by atoms with Crippen molar-refractivity contribution in [2.75, 3.05) is 20.7 Å². The predicted molar refractivity (Wildman–Crippen MR) is 81.0 cm³/mol. The lowest BCUT2D eigenvalue weighted by Crippen LogP contribution is -2.10. The van der Waals surface area contributed by atoms with Crippen LogP contribution in [0.15, 0.2) is 18.2 Å². The summed E-state index contributed by atoms with van der Waals surface area (Å²) < 4.78 is 5.01. The molecule has 0 saturated heterocycles. The minimum Gasteiger partial charge on any atom is -0.466 e. The van der Waals surface area contributed by atoms with Crippen LogP contribution in [0.25, 0.3) is 10.9 Å². The Morgan fingerprint density at radius 1 is 1.40 bits per heavy atom. The zero-order chi connectivity index (χ0) is 14.7. The lowest BCUT2D eigenvalue weighted by molar-refractivity contribution is -0.142. The summed E-state index contributed by atoms with van der Waals surface area (Å²) in [6.45, 7) is 2.99. The number of fused-ring (bicyclic) bond motifs is 1. The van der Waals surface area contributed by atoms with Crippen LogP contribution in [0.1, 0.15) is 18.2 Å². The van der Waals surface area contributed by atoms with Gasteiger partial charge in [0, 0.05) is 28.2 Å². The van der Waals surface area contributed by atoms with E-state index >= 15 is 0 Å². The summed E-state index contributed by atoms with van der Waals surface area (Å²) in [6.07, 6.45) is 0.198. The van der Waals surface area contributed by atoms with Crippen LogP contribution in [0.2, 0.25) is 5.02 Å². The van der Waals surface area contributed by atoms with Crippen molar-refractivity contribution in [2.24, 2.45) is 0 Å². The van der Waals surface area contributed by atoms with Gasteiger partial charge >= 0.3 is 5.97 Å². The standard InChI is InChI=1S/C15H19ClN2O2/c1-4-20-15(19)8-11-12-7-10(9-18(2)3)17-14(12)6-5-13(11)16/h5-7,17H,4,8-9H2,1-3H3. The quantitative estimate of drug-likeness (QED) is 0.862. The molecule has 1 aromatic carbocycles. The molecule has 0 saturated carbocycles. The van der Waals surface area contributed by atoms with Crippen molar-refractivity contribution in [3.05, 3.63) is 34.5 Å². The minimum absolute atomic E-state index is 0.198. The first-order chi connectivity index (χ1) is 9.51. The largest absolute Gasteiger partial charge is 0.466 e. The number of aromatic nitrogens is 1. The monoisotopic (exact) mass is 294 g/mol. The smallest absolute Gasteiger partial charge is 0.310 e. The molecule has 5 heteroatoms. The van der Waals surface area contributed by atoms with Crippen LogP contribution in [-0.4, -0.2) is 36.6 Å². The lowest BCUT2D eigenvalue weighted by Gasteiger charge is -2.06. The maximum absolute atomic E-state index is 11.7.